The summed E-state index contributed by atoms with van der Waals surface area (Å²) in [6.45, 7) is 1.03. The number of halogens is 4. The summed E-state index contributed by atoms with van der Waals surface area (Å²) in [5.74, 6) is 1.74. The van der Waals surface area contributed by atoms with Crippen LogP contribution in [0.25, 0.3) is 77.1 Å². The fourth-order valence-corrected chi connectivity index (χ4v) is 9.81. The van der Waals surface area contributed by atoms with E-state index >= 15 is 0 Å². The molecule has 0 fully saturated rings. The first-order chi connectivity index (χ1) is 42.8. The lowest BCUT2D eigenvalue weighted by molar-refractivity contribution is -0.136. The van der Waals surface area contributed by atoms with Crippen LogP contribution < -0.4 is 22.5 Å². The van der Waals surface area contributed by atoms with Crippen LogP contribution in [0.3, 0.4) is 0 Å². The van der Waals surface area contributed by atoms with Crippen molar-refractivity contribution in [2.75, 3.05) is 16.8 Å². The van der Waals surface area contributed by atoms with Gasteiger partial charge in [-0.1, -0.05) is 82.8 Å². The maximum Gasteiger partial charge on any atom is 0.307 e. The van der Waals surface area contributed by atoms with E-state index in [2.05, 4.69) is 120 Å². The molecule has 3 aromatic carbocycles. The number of anilines is 3. The lowest BCUT2D eigenvalue weighted by Gasteiger charge is -2.06. The van der Waals surface area contributed by atoms with E-state index in [0.717, 1.165) is 99.8 Å². The Morgan fingerprint density at radius 1 is 0.523 bits per heavy atom. The molecule has 0 aliphatic heterocycles. The predicted molar refractivity (Wildman–Crippen MR) is 344 cm³/mol. The molecule has 0 bridgehead atoms. The van der Waals surface area contributed by atoms with E-state index in [9.17, 15) is 4.79 Å². The number of carboxylic acid groups (broad SMARTS) is 1. The predicted octanol–water partition coefficient (Wildman–Crippen LogP) is 11.6. The normalized spacial score (nSPS) is 11.0. The number of nitrogens with zero attached hydrogens (tertiary/aromatic N) is 13. The summed E-state index contributed by atoms with van der Waals surface area (Å²) < 4.78 is 0. The first-order valence-corrected chi connectivity index (χ1v) is 28.3. The van der Waals surface area contributed by atoms with Crippen LogP contribution in [0.1, 0.15) is 39.5 Å². The monoisotopic (exact) mass is 1250 g/mol. The van der Waals surface area contributed by atoms with Gasteiger partial charge in [-0.25, -0.2) is 49.8 Å². The number of carboxylic acids is 1. The number of hydrogen-bond donors (Lipinski definition) is 9. The van der Waals surface area contributed by atoms with Gasteiger partial charge in [-0.15, -0.1) is 0 Å². The number of H-pyrrole nitrogens is 4. The van der Waals surface area contributed by atoms with Crippen molar-refractivity contribution in [2.24, 2.45) is 5.73 Å². The third-order valence-corrected chi connectivity index (χ3v) is 14.6. The Balaban J connectivity index is 0.000000123. The van der Waals surface area contributed by atoms with Crippen LogP contribution in [0, 0.1) is 0 Å². The quantitative estimate of drug-likeness (QED) is 0.0574. The van der Waals surface area contributed by atoms with Crippen LogP contribution in [-0.2, 0) is 37.1 Å². The van der Waals surface area contributed by atoms with Gasteiger partial charge in [0.2, 0.25) is 0 Å². The zero-order valence-electron chi connectivity index (χ0n) is 46.0. The molecule has 12 heterocycles. The Kier molecular flexibility index (Phi) is 18.3. The summed E-state index contributed by atoms with van der Waals surface area (Å²) in [6.07, 6.45) is 17.9. The molecule has 0 radical (unpaired) electrons. The molecule has 0 spiro atoms. The summed E-state index contributed by atoms with van der Waals surface area (Å²) >= 11 is 23.6. The first-order valence-electron chi connectivity index (χ1n) is 26.8. The van der Waals surface area contributed by atoms with Gasteiger partial charge in [-0.05, 0) is 94.5 Å². The first kappa shape index (κ1) is 59.2. The fourth-order valence-electron chi connectivity index (χ4n) is 9.10. The minimum atomic E-state index is -0.812. The molecule has 0 saturated heterocycles. The molecule has 0 aliphatic carbocycles. The van der Waals surface area contributed by atoms with Crippen molar-refractivity contribution < 1.29 is 9.90 Å². The van der Waals surface area contributed by atoms with Crippen LogP contribution in [0.5, 0.6) is 0 Å². The van der Waals surface area contributed by atoms with Crippen LogP contribution >= 0.6 is 46.4 Å². The second-order valence-corrected chi connectivity index (χ2v) is 21.0. The Bertz CT molecular complexity index is 4940. The molecular formula is C61H49Cl4N21O2. The summed E-state index contributed by atoms with van der Waals surface area (Å²) in [5, 5.41) is 18.9. The van der Waals surface area contributed by atoms with Crippen LogP contribution in [-0.4, -0.2) is 95.8 Å². The molecule has 27 heteroatoms. The minimum absolute atomic E-state index is 0.0604. The van der Waals surface area contributed by atoms with E-state index < -0.39 is 5.97 Å². The largest absolute Gasteiger partial charge is 0.481 e. The molecular weight excluding hydrogens is 1200 g/mol. The number of pyridine rings is 5. The maximum atomic E-state index is 10.5. The van der Waals surface area contributed by atoms with E-state index in [1.165, 1.54) is 19.0 Å². The number of aliphatic carboxylic acids is 1. The smallest absolute Gasteiger partial charge is 0.307 e. The Morgan fingerprint density at radius 3 is 1.55 bits per heavy atom. The Labute approximate surface area is 518 Å². The molecule has 88 heavy (non-hydrogen) atoms. The van der Waals surface area contributed by atoms with Gasteiger partial charge in [0.1, 0.15) is 58.6 Å². The second-order valence-electron chi connectivity index (χ2n) is 19.4. The van der Waals surface area contributed by atoms with Crippen molar-refractivity contribution in [3.05, 3.63) is 225 Å². The highest BCUT2D eigenvalue weighted by molar-refractivity contribution is 6.36. The molecule has 0 unspecified atom stereocenters. The van der Waals surface area contributed by atoms with Gasteiger partial charge in [0.25, 0.3) is 0 Å². The summed E-state index contributed by atoms with van der Waals surface area (Å²) in [5.41, 5.74) is 28.4. The lowest BCUT2D eigenvalue weighted by atomic mass is 10.1. The lowest BCUT2D eigenvalue weighted by Crippen LogP contribution is -2.03. The fraction of sp³-hybridized carbons (Fsp3) is 0.0820. The molecule has 0 amide bonds. The Hall–Kier alpha value is -10.6. The Morgan fingerprint density at radius 2 is 1.01 bits per heavy atom. The van der Waals surface area contributed by atoms with Crippen LogP contribution in [0.2, 0.25) is 20.4 Å². The number of nitrogens with two attached hydrogens (primary N) is 3. The number of nitrogens with one attached hydrogen (secondary N) is 5. The van der Waals surface area contributed by atoms with E-state index in [1.807, 2.05) is 72.9 Å². The standard InChI is InChI=1S/C23H17ClN8.C15H10ClN5.C11H9NO2.C8H8ClN3.C4H5ClN4/c24-17-11-28-21-16(17)7-14(9-26-21)10-27-22-20-23(30-12-29-22)32-19(31-20)8-13-3-4-18-15(6-13)2-1-5-25-18;16-14-13-15(19-8-18-14)21-12(20-13)7-9-3-4-11-10(6-9)2-1-5-17-11;13-11(14)7-8-3-4-10-9(6-8)2-1-5-12-10;9-7-4-12-8-6(7)1-5(2-10)3-11-8;5-3-2(6)4(7)9-1-8-3/h1-7,9,11-12H,8,10H2,(H,26,28)(H2,27,29,30,31,32);1-6,8H,7H2,(H,18,19,20,21);1-6H,7H2,(H,13,14);1,3-4H,2,10H2,(H,11,12);1H,6H2,(H2,7,8,9). The van der Waals surface area contributed by atoms with Crippen molar-refractivity contribution in [1.82, 2.24) is 84.7 Å². The number of imidazole rings is 2. The highest BCUT2D eigenvalue weighted by atomic mass is 35.5. The zero-order valence-corrected chi connectivity index (χ0v) is 49.1. The van der Waals surface area contributed by atoms with Crippen molar-refractivity contribution >= 4 is 147 Å². The number of carbonyl (C=O) groups is 1. The zero-order chi connectivity index (χ0) is 61.1. The molecule has 0 aliphatic rings. The van der Waals surface area contributed by atoms with E-state index in [0.29, 0.717) is 63.8 Å². The number of benzene rings is 3. The van der Waals surface area contributed by atoms with Gasteiger partial charge in [0.15, 0.2) is 33.2 Å². The van der Waals surface area contributed by atoms with Crippen molar-refractivity contribution in [2.45, 2.75) is 32.4 Å². The van der Waals surface area contributed by atoms with Gasteiger partial charge in [0.05, 0.1) is 33.0 Å². The van der Waals surface area contributed by atoms with E-state index in [-0.39, 0.29) is 23.1 Å². The van der Waals surface area contributed by atoms with Crippen molar-refractivity contribution in [1.29, 1.82) is 0 Å². The van der Waals surface area contributed by atoms with Crippen LogP contribution in [0.15, 0.2) is 165 Å². The number of nitrogen functional groups attached to an aromatic ring is 2. The van der Waals surface area contributed by atoms with E-state index in [1.54, 1.807) is 43.2 Å². The van der Waals surface area contributed by atoms with Gasteiger partial charge in [0, 0.05) is 96.2 Å². The third-order valence-electron chi connectivity index (χ3n) is 13.4. The van der Waals surface area contributed by atoms with Gasteiger partial charge in [-0.3, -0.25) is 19.7 Å². The molecule has 0 saturated carbocycles. The molecule has 15 aromatic rings. The average Bonchev–Trinajstić information content (AvgIpc) is 4.12. The number of hydrogen-bond acceptors (Lipinski definition) is 18. The van der Waals surface area contributed by atoms with E-state index in [4.69, 9.17) is 68.7 Å². The highest BCUT2D eigenvalue weighted by Crippen LogP contribution is 2.26. The molecule has 0 atom stereocenters. The summed E-state index contributed by atoms with van der Waals surface area (Å²) in [7, 11) is 0. The number of fused-ring (bicyclic) bond motifs is 7. The summed E-state index contributed by atoms with van der Waals surface area (Å²) in [6, 6.07) is 33.6. The molecule has 12 N–H and O–H groups in total. The summed E-state index contributed by atoms with van der Waals surface area (Å²) in [4.78, 5) is 77.5. The number of rotatable bonds is 10. The number of aromatic amines is 4. The highest BCUT2D eigenvalue weighted by Gasteiger charge is 2.13. The van der Waals surface area contributed by atoms with Crippen molar-refractivity contribution in [3.8, 4) is 0 Å². The number of aromatic nitrogens is 17. The third kappa shape index (κ3) is 14.4. The topological polar surface area (TPSA) is 358 Å². The SMILES string of the molecule is Clc1c[nH]c2ncc(CNc3ncnc4nc(Cc5ccc6ncccc6c5)[nH]c34)cc12.Clc1ncnc2nc(Cc3ccc4ncccc4c3)[nH]c12.NCc1cnc2[nH]cc(Cl)c2c1.Nc1ncnc(Cl)c1N.O=C(O)Cc1ccc2ncccc2c1. The van der Waals surface area contributed by atoms with Gasteiger partial charge >= 0.3 is 5.97 Å². The molecule has 23 nitrogen and oxygen atoms in total. The minimum Gasteiger partial charge on any atom is -0.481 e. The maximum absolute atomic E-state index is 10.5. The molecule has 12 aromatic heterocycles. The van der Waals surface area contributed by atoms with Crippen molar-refractivity contribution in [3.63, 3.8) is 0 Å². The molecule has 15 rings (SSSR count). The average molecular weight is 1250 g/mol. The van der Waals surface area contributed by atoms with Gasteiger partial charge in [-0.2, -0.15) is 0 Å². The second kappa shape index (κ2) is 27.2. The van der Waals surface area contributed by atoms with Gasteiger partial charge < -0.3 is 47.6 Å². The van der Waals surface area contributed by atoms with Crippen LogP contribution in [0.4, 0.5) is 17.3 Å². The molecule has 438 valence electrons.